The average Bonchev–Trinajstić information content (AvgIpc) is 2.74. The third-order valence-electron chi connectivity index (χ3n) is 5.32. The Hall–Kier alpha value is -3.11. The summed E-state index contributed by atoms with van der Waals surface area (Å²) in [5.74, 6) is -0.602. The molecule has 1 aliphatic heterocycles. The number of hydrogen-bond acceptors (Lipinski definition) is 5. The van der Waals surface area contributed by atoms with Gasteiger partial charge in [-0.1, -0.05) is 24.3 Å². The minimum Gasteiger partial charge on any atom is -0.755 e. The smallest absolute Gasteiger partial charge is 0.407 e. The fraction of sp³-hybridized carbons (Fsp3) is 0.300. The van der Waals surface area contributed by atoms with Crippen molar-refractivity contribution < 1.29 is 33.3 Å². The maximum Gasteiger partial charge on any atom is 0.407 e. The highest BCUT2D eigenvalue weighted by Crippen LogP contribution is 2.36. The first-order valence-electron chi connectivity index (χ1n) is 9.14. The summed E-state index contributed by atoms with van der Waals surface area (Å²) in [5, 5.41) is 19.0. The Balaban J connectivity index is 1.92. The molecule has 2 aromatic rings. The Morgan fingerprint density at radius 2 is 1.53 bits per heavy atom. The minimum atomic E-state index is -2.87. The van der Waals surface area contributed by atoms with Gasteiger partial charge in [0, 0.05) is 42.9 Å². The number of amides is 1. The van der Waals surface area contributed by atoms with Gasteiger partial charge in [-0.2, -0.15) is 0 Å². The first-order chi connectivity index (χ1) is 14.3. The van der Waals surface area contributed by atoms with E-state index in [2.05, 4.69) is 0 Å². The van der Waals surface area contributed by atoms with Crippen LogP contribution in [0.4, 0.5) is 10.5 Å². The molecule has 1 aliphatic rings. The molecule has 2 N–H and O–H groups in total. The van der Waals surface area contributed by atoms with Crippen LogP contribution in [-0.2, 0) is 16.1 Å². The van der Waals surface area contributed by atoms with Gasteiger partial charge < -0.3 is 24.4 Å². The second kappa shape index (κ2) is 8.72. The largest absolute Gasteiger partial charge is 0.755 e. The molecule has 0 spiro atoms. The van der Waals surface area contributed by atoms with Gasteiger partial charge in [-0.3, -0.25) is 8.51 Å². The van der Waals surface area contributed by atoms with Gasteiger partial charge in [0.05, 0.1) is 7.11 Å². The van der Waals surface area contributed by atoms with E-state index >= 15 is 0 Å². The van der Waals surface area contributed by atoms with Gasteiger partial charge in [0.15, 0.2) is 5.54 Å². The van der Waals surface area contributed by atoms with Crippen molar-refractivity contribution in [1.29, 1.82) is 0 Å². The van der Waals surface area contributed by atoms with Crippen LogP contribution >= 0.6 is 0 Å². The van der Waals surface area contributed by atoms with E-state index in [0.29, 0.717) is 5.75 Å². The lowest BCUT2D eigenvalue weighted by Gasteiger charge is -2.46. The molecule has 3 rings (SSSR count). The van der Waals surface area contributed by atoms with E-state index in [1.807, 2.05) is 12.1 Å². The van der Waals surface area contributed by atoms with Crippen LogP contribution in [-0.4, -0.2) is 61.7 Å². The molecule has 0 aliphatic carbocycles. The number of anilines is 1. The van der Waals surface area contributed by atoms with Crippen molar-refractivity contribution in [2.24, 2.45) is 0 Å². The first kappa shape index (κ1) is 21.6. The zero-order valence-corrected chi connectivity index (χ0v) is 17.0. The van der Waals surface area contributed by atoms with Crippen LogP contribution < -0.4 is 9.04 Å². The van der Waals surface area contributed by atoms with Crippen LogP contribution in [0.15, 0.2) is 48.5 Å². The molecule has 0 bridgehead atoms. The van der Waals surface area contributed by atoms with E-state index in [1.165, 1.54) is 0 Å². The van der Waals surface area contributed by atoms with Crippen LogP contribution in [0.2, 0.25) is 0 Å². The summed E-state index contributed by atoms with van der Waals surface area (Å²) < 4.78 is 30.1. The topological polar surface area (TPSA) is 130 Å². The number of nitrogens with zero attached hydrogens (tertiary/aromatic N) is 2. The molecule has 2 aromatic carbocycles. The van der Waals surface area contributed by atoms with Gasteiger partial charge in [0.25, 0.3) is 0 Å². The second-order valence-electron chi connectivity index (χ2n) is 6.89. The van der Waals surface area contributed by atoms with Crippen LogP contribution in [0, 0.1) is 0 Å². The molecule has 9 nitrogen and oxygen atoms in total. The predicted octanol–water partition coefficient (Wildman–Crippen LogP) is 2.56. The molecule has 1 unspecified atom stereocenters. The molecule has 1 fully saturated rings. The maximum absolute atomic E-state index is 12.1. The van der Waals surface area contributed by atoms with Crippen molar-refractivity contribution in [2.45, 2.75) is 18.4 Å². The predicted molar refractivity (Wildman–Crippen MR) is 109 cm³/mol. The number of aliphatic carboxylic acids is 1. The molecule has 1 heterocycles. The molecule has 1 amide bonds. The Morgan fingerprint density at radius 1 is 1.03 bits per heavy atom. The Kier molecular flexibility index (Phi) is 6.28. The summed E-state index contributed by atoms with van der Waals surface area (Å²) in [6.45, 7) is -0.140. The number of benzene rings is 2. The van der Waals surface area contributed by atoms with E-state index in [-0.39, 0.29) is 31.6 Å². The standard InChI is InChI=1S/C20H22N2O7S/c1-29-17-8-4-15(5-9-17)14-2-6-16(7-3-14)22(30(27)28)20(18(23)24)10-12-21(13-11-20)19(25)26/h2-9H,10-13H2,1H3,(H,23,24)(H,25,26)(H,27,28)/p-1. The number of rotatable bonds is 6. The van der Waals surface area contributed by atoms with Gasteiger partial charge in [-0.15, -0.1) is 0 Å². The van der Waals surface area contributed by atoms with Crippen LogP contribution in [0.25, 0.3) is 11.1 Å². The van der Waals surface area contributed by atoms with Gasteiger partial charge in [0.1, 0.15) is 5.75 Å². The molecule has 1 saturated heterocycles. The van der Waals surface area contributed by atoms with Crippen molar-refractivity contribution in [3.63, 3.8) is 0 Å². The molecule has 160 valence electrons. The van der Waals surface area contributed by atoms with E-state index in [0.717, 1.165) is 20.3 Å². The zero-order valence-electron chi connectivity index (χ0n) is 16.2. The number of methoxy groups -OCH3 is 1. The minimum absolute atomic E-state index is 0.0702. The molecule has 0 aromatic heterocycles. The number of hydrogen-bond donors (Lipinski definition) is 2. The van der Waals surface area contributed by atoms with E-state index in [9.17, 15) is 23.5 Å². The quantitative estimate of drug-likeness (QED) is 0.670. The first-order valence-corrected chi connectivity index (χ1v) is 10.2. The lowest BCUT2D eigenvalue weighted by Crippen LogP contribution is -2.61. The van der Waals surface area contributed by atoms with E-state index in [4.69, 9.17) is 9.84 Å². The summed E-state index contributed by atoms with van der Waals surface area (Å²) in [7, 11) is 1.57. The molecule has 30 heavy (non-hydrogen) atoms. The van der Waals surface area contributed by atoms with Crippen LogP contribution in [0.1, 0.15) is 12.8 Å². The third kappa shape index (κ3) is 4.10. The average molecular weight is 433 g/mol. The summed E-state index contributed by atoms with van der Waals surface area (Å²) in [6.07, 6.45) is -1.46. The van der Waals surface area contributed by atoms with E-state index in [1.54, 1.807) is 43.5 Å². The van der Waals surface area contributed by atoms with Crippen molar-refractivity contribution in [3.8, 4) is 16.9 Å². The third-order valence-corrected chi connectivity index (χ3v) is 6.18. The molecule has 1 atom stereocenters. The van der Waals surface area contributed by atoms with E-state index < -0.39 is 28.9 Å². The van der Waals surface area contributed by atoms with Gasteiger partial charge in [0.2, 0.25) is 0 Å². The van der Waals surface area contributed by atoms with Crippen LogP contribution in [0.3, 0.4) is 0 Å². The molecule has 0 saturated carbocycles. The number of likely N-dealkylation sites (tertiary alicyclic amines) is 1. The van der Waals surface area contributed by atoms with Gasteiger partial charge in [-0.05, 0) is 35.4 Å². The summed E-state index contributed by atoms with van der Waals surface area (Å²) in [6, 6.07) is 13.8. The van der Waals surface area contributed by atoms with Crippen molar-refractivity contribution in [2.75, 3.05) is 24.5 Å². The van der Waals surface area contributed by atoms with Crippen molar-refractivity contribution in [1.82, 2.24) is 4.90 Å². The van der Waals surface area contributed by atoms with Gasteiger partial charge >= 0.3 is 12.1 Å². The Morgan fingerprint density at radius 3 is 1.93 bits per heavy atom. The fourth-order valence-electron chi connectivity index (χ4n) is 3.62. The van der Waals surface area contributed by atoms with Crippen molar-refractivity contribution >= 4 is 29.0 Å². The molecule has 0 radical (unpaired) electrons. The van der Waals surface area contributed by atoms with Crippen LogP contribution in [0.5, 0.6) is 5.75 Å². The van der Waals surface area contributed by atoms with Gasteiger partial charge in [-0.25, -0.2) is 9.59 Å². The summed E-state index contributed by atoms with van der Waals surface area (Å²) >= 11 is -2.87. The second-order valence-corrected chi connectivity index (χ2v) is 7.69. The maximum atomic E-state index is 12.1. The Bertz CT molecular complexity index is 939. The zero-order chi connectivity index (χ0) is 21.9. The molecule has 10 heteroatoms. The van der Waals surface area contributed by atoms with Crippen molar-refractivity contribution in [3.05, 3.63) is 48.5 Å². The number of piperidine rings is 1. The summed E-state index contributed by atoms with van der Waals surface area (Å²) in [5.41, 5.74) is 0.162. The number of carboxylic acids is 1. The fourth-order valence-corrected chi connectivity index (χ4v) is 4.46. The molecular weight excluding hydrogens is 412 g/mol. The highest BCUT2D eigenvalue weighted by atomic mass is 32.2. The number of ether oxygens (including phenoxy) is 1. The highest BCUT2D eigenvalue weighted by Gasteiger charge is 2.48. The normalized spacial score (nSPS) is 16.5. The lowest BCUT2D eigenvalue weighted by molar-refractivity contribution is -0.144. The lowest BCUT2D eigenvalue weighted by atomic mass is 9.87. The highest BCUT2D eigenvalue weighted by molar-refractivity contribution is 7.80. The summed E-state index contributed by atoms with van der Waals surface area (Å²) in [4.78, 5) is 24.4. The Labute approximate surface area is 175 Å². The number of carboxylic acid groups (broad SMARTS) is 2. The SMILES string of the molecule is COc1ccc(-c2ccc(N(S(=O)[O-])C3(C(=O)O)CCN(C(=O)O)CC3)cc2)cc1. The monoisotopic (exact) mass is 433 g/mol. The number of carbonyl (C=O) groups is 2. The molecular formula is C20H21N2O7S-.